The van der Waals surface area contributed by atoms with Crippen LogP contribution in [-0.4, -0.2) is 61.4 Å². The zero-order chi connectivity index (χ0) is 27.2. The summed E-state index contributed by atoms with van der Waals surface area (Å²) in [6.45, 7) is 3.32. The van der Waals surface area contributed by atoms with Crippen LogP contribution in [0.5, 0.6) is 0 Å². The van der Waals surface area contributed by atoms with E-state index in [9.17, 15) is 14.4 Å². The van der Waals surface area contributed by atoms with E-state index in [2.05, 4.69) is 45.5 Å². The topological polar surface area (TPSA) is 100 Å². The third-order valence-electron chi connectivity index (χ3n) is 8.47. The summed E-state index contributed by atoms with van der Waals surface area (Å²) in [4.78, 5) is 45.4. The van der Waals surface area contributed by atoms with Gasteiger partial charge >= 0.3 is 0 Å². The molecular weight excluding hydrogens is 504 g/mol. The van der Waals surface area contributed by atoms with Crippen LogP contribution in [0.4, 0.5) is 0 Å². The minimum absolute atomic E-state index is 0.118. The number of hydrogen-bond donors (Lipinski definition) is 1. The van der Waals surface area contributed by atoms with Crippen LogP contribution in [0.15, 0.2) is 67.0 Å². The van der Waals surface area contributed by atoms with Crippen LogP contribution in [0.3, 0.4) is 0 Å². The van der Waals surface area contributed by atoms with Gasteiger partial charge in [0.25, 0.3) is 5.91 Å². The van der Waals surface area contributed by atoms with Crippen LogP contribution in [-0.2, 0) is 22.7 Å². The number of rotatable bonds is 5. The van der Waals surface area contributed by atoms with Crippen molar-refractivity contribution in [3.05, 3.63) is 89.2 Å². The number of amides is 3. The highest BCUT2D eigenvalue weighted by atomic mass is 16.2. The summed E-state index contributed by atoms with van der Waals surface area (Å²) < 4.78 is 1.83. The summed E-state index contributed by atoms with van der Waals surface area (Å²) in [5.74, 6) is 0.495. The average molecular weight is 535 g/mol. The number of aromatic nitrogens is 3. The fraction of sp³-hybridized carbons (Fsp3) is 0.323. The Balaban J connectivity index is 0.986. The maximum absolute atomic E-state index is 13.0. The summed E-state index contributed by atoms with van der Waals surface area (Å²) in [5.41, 5.74) is 5.14. The van der Waals surface area contributed by atoms with Crippen molar-refractivity contribution in [3.8, 4) is 5.82 Å². The van der Waals surface area contributed by atoms with E-state index in [1.807, 2.05) is 35.1 Å². The van der Waals surface area contributed by atoms with E-state index in [1.165, 1.54) is 11.1 Å². The normalized spacial score (nSPS) is 20.2. The number of fused-ring (bicyclic) bond motifs is 2. The SMILES string of the molecule is O=C1CCC(N2Cc3cc(C4CCN(Cc5ccc6cn(-c7ccccn7)nc6c5)CC4)ccc3C2=O)C(=O)N1. The van der Waals surface area contributed by atoms with Gasteiger partial charge in [0.2, 0.25) is 11.8 Å². The number of likely N-dealkylation sites (tertiary alicyclic amines) is 1. The van der Waals surface area contributed by atoms with Crippen LogP contribution in [0, 0.1) is 0 Å². The summed E-state index contributed by atoms with van der Waals surface area (Å²) in [6, 6.07) is 17.9. The van der Waals surface area contributed by atoms with Crippen molar-refractivity contribution in [2.24, 2.45) is 0 Å². The zero-order valence-electron chi connectivity index (χ0n) is 22.1. The molecule has 2 aromatic heterocycles. The molecule has 5 heterocycles. The van der Waals surface area contributed by atoms with E-state index in [0.29, 0.717) is 24.4 Å². The van der Waals surface area contributed by atoms with Gasteiger partial charge in [0, 0.05) is 42.9 Å². The second-order valence-corrected chi connectivity index (χ2v) is 11.0. The van der Waals surface area contributed by atoms with Gasteiger partial charge in [0.05, 0.1) is 5.52 Å². The number of nitrogens with one attached hydrogen (secondary N) is 1. The summed E-state index contributed by atoms with van der Waals surface area (Å²) in [5, 5.41) is 8.20. The molecule has 0 aliphatic carbocycles. The van der Waals surface area contributed by atoms with Crippen LogP contribution < -0.4 is 5.32 Å². The van der Waals surface area contributed by atoms with Gasteiger partial charge in [-0.3, -0.25) is 24.6 Å². The number of nitrogens with zero attached hydrogens (tertiary/aromatic N) is 5. The minimum Gasteiger partial charge on any atom is -0.322 e. The van der Waals surface area contributed by atoms with Crippen molar-refractivity contribution in [2.45, 2.75) is 50.7 Å². The van der Waals surface area contributed by atoms with Gasteiger partial charge in [-0.1, -0.05) is 30.3 Å². The first-order valence-corrected chi connectivity index (χ1v) is 13.9. The molecule has 7 rings (SSSR count). The van der Waals surface area contributed by atoms with Gasteiger partial charge < -0.3 is 4.90 Å². The van der Waals surface area contributed by atoms with Gasteiger partial charge in [0.15, 0.2) is 5.82 Å². The van der Waals surface area contributed by atoms with Crippen molar-refractivity contribution in [1.82, 2.24) is 29.9 Å². The Hall–Kier alpha value is -4.37. The fourth-order valence-corrected chi connectivity index (χ4v) is 6.30. The molecule has 0 saturated carbocycles. The number of pyridine rings is 1. The van der Waals surface area contributed by atoms with Crippen molar-refractivity contribution in [3.63, 3.8) is 0 Å². The molecule has 0 radical (unpaired) electrons. The molecule has 3 aliphatic heterocycles. The van der Waals surface area contributed by atoms with E-state index < -0.39 is 6.04 Å². The summed E-state index contributed by atoms with van der Waals surface area (Å²) in [6.07, 6.45) is 6.55. The van der Waals surface area contributed by atoms with Crippen LogP contribution in [0.2, 0.25) is 0 Å². The molecule has 3 aliphatic rings. The van der Waals surface area contributed by atoms with E-state index in [0.717, 1.165) is 54.8 Å². The molecule has 1 N–H and O–H groups in total. The van der Waals surface area contributed by atoms with Gasteiger partial charge in [0.1, 0.15) is 6.04 Å². The monoisotopic (exact) mass is 534 g/mol. The number of carbonyl (C=O) groups excluding carboxylic acids is 3. The lowest BCUT2D eigenvalue weighted by atomic mass is 9.87. The highest BCUT2D eigenvalue weighted by Crippen LogP contribution is 2.34. The Morgan fingerprint density at radius 2 is 1.82 bits per heavy atom. The number of piperidine rings is 2. The lowest BCUT2D eigenvalue weighted by Crippen LogP contribution is -2.52. The molecule has 2 fully saturated rings. The van der Waals surface area contributed by atoms with E-state index in [-0.39, 0.29) is 24.1 Å². The van der Waals surface area contributed by atoms with Gasteiger partial charge in [-0.2, -0.15) is 5.10 Å². The molecular formula is C31H30N6O3. The van der Waals surface area contributed by atoms with Crippen molar-refractivity contribution >= 4 is 28.6 Å². The standard InChI is InChI=1S/C31H30N6O3/c38-29-9-8-27(30(39)33-29)36-18-24-16-22(6-7-25(24)31(36)40)21-10-13-35(14-11-21)17-20-4-5-23-19-37(34-26(23)15-20)28-3-1-2-12-32-28/h1-7,12,15-16,19,21,27H,8-11,13-14,17-18H2,(H,33,38,39). The third-order valence-corrected chi connectivity index (χ3v) is 8.47. The number of carbonyl (C=O) groups is 3. The highest BCUT2D eigenvalue weighted by molar-refractivity contribution is 6.05. The van der Waals surface area contributed by atoms with Crippen LogP contribution in [0.25, 0.3) is 16.7 Å². The smallest absolute Gasteiger partial charge is 0.255 e. The molecule has 9 nitrogen and oxygen atoms in total. The molecule has 3 amide bonds. The Bertz CT molecular complexity index is 1620. The van der Waals surface area contributed by atoms with Crippen molar-refractivity contribution in [2.75, 3.05) is 13.1 Å². The second kappa shape index (κ2) is 9.98. The van der Waals surface area contributed by atoms with E-state index >= 15 is 0 Å². The third kappa shape index (κ3) is 4.56. The first-order chi connectivity index (χ1) is 19.5. The minimum atomic E-state index is -0.577. The second-order valence-electron chi connectivity index (χ2n) is 11.0. The lowest BCUT2D eigenvalue weighted by Gasteiger charge is -2.32. The van der Waals surface area contributed by atoms with E-state index in [1.54, 1.807) is 11.1 Å². The Kier molecular flexibility index (Phi) is 6.15. The molecule has 40 heavy (non-hydrogen) atoms. The van der Waals surface area contributed by atoms with Gasteiger partial charge in [-0.25, -0.2) is 9.67 Å². The molecule has 2 aromatic carbocycles. The Morgan fingerprint density at radius 3 is 2.62 bits per heavy atom. The van der Waals surface area contributed by atoms with E-state index in [4.69, 9.17) is 5.10 Å². The Labute approximate surface area is 231 Å². The molecule has 0 spiro atoms. The quantitative estimate of drug-likeness (QED) is 0.393. The fourth-order valence-electron chi connectivity index (χ4n) is 6.30. The maximum Gasteiger partial charge on any atom is 0.255 e. The average Bonchev–Trinajstić information content (AvgIpc) is 3.54. The molecule has 4 aromatic rings. The summed E-state index contributed by atoms with van der Waals surface area (Å²) >= 11 is 0. The molecule has 2 saturated heterocycles. The number of benzene rings is 2. The molecule has 9 heteroatoms. The van der Waals surface area contributed by atoms with Crippen molar-refractivity contribution in [1.29, 1.82) is 0 Å². The number of imide groups is 1. The molecule has 0 bridgehead atoms. The van der Waals surface area contributed by atoms with Crippen LogP contribution in [0.1, 0.15) is 58.6 Å². The molecule has 1 atom stereocenters. The molecule has 1 unspecified atom stereocenters. The largest absolute Gasteiger partial charge is 0.322 e. The first kappa shape index (κ1) is 24.7. The predicted molar refractivity (Wildman–Crippen MR) is 149 cm³/mol. The van der Waals surface area contributed by atoms with Gasteiger partial charge in [-0.15, -0.1) is 0 Å². The first-order valence-electron chi connectivity index (χ1n) is 13.9. The van der Waals surface area contributed by atoms with Gasteiger partial charge in [-0.05, 0) is 79.2 Å². The predicted octanol–water partition coefficient (Wildman–Crippen LogP) is 3.56. The maximum atomic E-state index is 13.0. The van der Waals surface area contributed by atoms with Crippen molar-refractivity contribution < 1.29 is 14.4 Å². The number of hydrogen-bond acceptors (Lipinski definition) is 6. The molecule has 202 valence electrons. The highest BCUT2D eigenvalue weighted by Gasteiger charge is 2.39. The van der Waals surface area contributed by atoms with Crippen LogP contribution >= 0.6 is 0 Å². The zero-order valence-corrected chi connectivity index (χ0v) is 22.1. The summed E-state index contributed by atoms with van der Waals surface area (Å²) in [7, 11) is 0. The lowest BCUT2D eigenvalue weighted by molar-refractivity contribution is -0.136. The Morgan fingerprint density at radius 1 is 0.950 bits per heavy atom.